The number of halogens is 3. The molecule has 0 aliphatic carbocycles. The maximum atomic E-state index is 13.2. The van der Waals surface area contributed by atoms with Crippen LogP contribution in [0.4, 0.5) is 13.2 Å². The molecule has 2 aromatic carbocycles. The van der Waals surface area contributed by atoms with Gasteiger partial charge in [-0.3, -0.25) is 9.48 Å². The van der Waals surface area contributed by atoms with Crippen LogP contribution in [0.2, 0.25) is 0 Å². The van der Waals surface area contributed by atoms with Gasteiger partial charge in [-0.25, -0.2) is 19.1 Å². The molecule has 4 rings (SSSR count). The van der Waals surface area contributed by atoms with Crippen LogP contribution in [-0.2, 0) is 13.2 Å². The maximum absolute atomic E-state index is 13.2. The van der Waals surface area contributed by atoms with Gasteiger partial charge in [0, 0.05) is 7.05 Å². The molecule has 0 amide bonds. The van der Waals surface area contributed by atoms with Gasteiger partial charge in [0.1, 0.15) is 12.0 Å². The van der Waals surface area contributed by atoms with Crippen molar-refractivity contribution < 1.29 is 23.1 Å². The molecule has 2 aromatic heterocycles. The lowest BCUT2D eigenvalue weighted by atomic mass is 10.2. The van der Waals surface area contributed by atoms with E-state index in [9.17, 15) is 27.9 Å². The first-order valence-corrected chi connectivity index (χ1v) is 9.27. The lowest BCUT2D eigenvalue weighted by Crippen LogP contribution is -2.23. The minimum Gasteiger partial charge on any atom is -0.477 e. The standard InChI is InChI=1S/C21H13F3N6O3/c1-28-17(18-26-11-27-29(18)14-7-5-12(10-25)6-8-14)16(20(32)33)19(31)30(28)15-4-2-3-13(9-15)21(22,23)24/h2-9,11H,1H3,(H,32,33). The lowest BCUT2D eigenvalue weighted by Gasteiger charge is -2.13. The molecule has 0 aliphatic heterocycles. The van der Waals surface area contributed by atoms with Crippen molar-refractivity contribution in [3.05, 3.63) is 81.9 Å². The number of nitrogens with zero attached hydrogens (tertiary/aromatic N) is 6. The Morgan fingerprint density at radius 2 is 1.82 bits per heavy atom. The number of carboxylic acid groups (broad SMARTS) is 1. The Balaban J connectivity index is 1.96. The third-order valence-electron chi connectivity index (χ3n) is 4.90. The van der Waals surface area contributed by atoms with Crippen molar-refractivity contribution in [3.63, 3.8) is 0 Å². The van der Waals surface area contributed by atoms with Gasteiger partial charge < -0.3 is 5.11 Å². The van der Waals surface area contributed by atoms with Crippen molar-refractivity contribution in [2.24, 2.45) is 7.05 Å². The molecule has 0 unspecified atom stereocenters. The second-order valence-electron chi connectivity index (χ2n) is 6.87. The molecule has 0 spiro atoms. The molecule has 9 nitrogen and oxygen atoms in total. The van der Waals surface area contributed by atoms with E-state index in [2.05, 4.69) is 10.1 Å². The number of carbonyl (C=O) groups is 1. The van der Waals surface area contributed by atoms with Crippen molar-refractivity contribution in [1.29, 1.82) is 5.26 Å². The average Bonchev–Trinajstić information content (AvgIpc) is 3.35. The molecule has 0 radical (unpaired) electrons. The Hall–Kier alpha value is -4.66. The van der Waals surface area contributed by atoms with Crippen molar-refractivity contribution >= 4 is 5.97 Å². The molecule has 0 aliphatic rings. The molecule has 12 heteroatoms. The summed E-state index contributed by atoms with van der Waals surface area (Å²) in [6, 6.07) is 12.1. The number of hydrogen-bond donors (Lipinski definition) is 1. The van der Waals surface area contributed by atoms with Crippen molar-refractivity contribution in [1.82, 2.24) is 24.1 Å². The second-order valence-corrected chi connectivity index (χ2v) is 6.87. The van der Waals surface area contributed by atoms with E-state index in [4.69, 9.17) is 5.26 Å². The van der Waals surface area contributed by atoms with Gasteiger partial charge in [-0.1, -0.05) is 6.07 Å². The molecule has 0 atom stereocenters. The summed E-state index contributed by atoms with van der Waals surface area (Å²) in [5.41, 5.74) is -2.23. The molecule has 0 bridgehead atoms. The molecule has 0 saturated carbocycles. The first-order valence-electron chi connectivity index (χ1n) is 9.27. The van der Waals surface area contributed by atoms with E-state index in [0.29, 0.717) is 11.3 Å². The van der Waals surface area contributed by atoms with Gasteiger partial charge in [0.05, 0.1) is 28.6 Å². The Bertz CT molecular complexity index is 1470. The second kappa shape index (κ2) is 7.79. The van der Waals surface area contributed by atoms with Gasteiger partial charge >= 0.3 is 12.1 Å². The first-order chi connectivity index (χ1) is 15.6. The SMILES string of the molecule is Cn1c(-c2ncnn2-c2ccc(C#N)cc2)c(C(=O)O)c(=O)n1-c1cccc(C(F)(F)F)c1. The van der Waals surface area contributed by atoms with E-state index in [0.717, 1.165) is 33.9 Å². The summed E-state index contributed by atoms with van der Waals surface area (Å²) in [7, 11) is 1.33. The summed E-state index contributed by atoms with van der Waals surface area (Å²) < 4.78 is 42.8. The minimum absolute atomic E-state index is 0.0255. The molecule has 4 aromatic rings. The van der Waals surface area contributed by atoms with Crippen molar-refractivity contribution in [2.45, 2.75) is 6.18 Å². The zero-order valence-corrected chi connectivity index (χ0v) is 16.8. The van der Waals surface area contributed by atoms with E-state index in [1.807, 2.05) is 6.07 Å². The number of hydrogen-bond acceptors (Lipinski definition) is 5. The summed E-state index contributed by atoms with van der Waals surface area (Å²) in [4.78, 5) is 29.1. The summed E-state index contributed by atoms with van der Waals surface area (Å²) in [5.74, 6) is -1.60. The number of benzene rings is 2. The van der Waals surface area contributed by atoms with Gasteiger partial charge in [0.25, 0.3) is 5.56 Å². The Morgan fingerprint density at radius 1 is 1.12 bits per heavy atom. The number of alkyl halides is 3. The van der Waals surface area contributed by atoms with E-state index in [1.165, 1.54) is 29.9 Å². The van der Waals surface area contributed by atoms with Crippen LogP contribution in [0.3, 0.4) is 0 Å². The Kier molecular flexibility index (Phi) is 5.09. The number of rotatable bonds is 4. The summed E-state index contributed by atoms with van der Waals surface area (Å²) in [5, 5.41) is 22.8. The third kappa shape index (κ3) is 3.65. The lowest BCUT2D eigenvalue weighted by molar-refractivity contribution is -0.137. The molecule has 166 valence electrons. The highest BCUT2D eigenvalue weighted by atomic mass is 19.4. The van der Waals surface area contributed by atoms with Gasteiger partial charge in [-0.05, 0) is 42.5 Å². The predicted octanol–water partition coefficient (Wildman–Crippen LogP) is 3.01. The minimum atomic E-state index is -4.65. The van der Waals surface area contributed by atoms with Gasteiger partial charge in [-0.15, -0.1) is 0 Å². The zero-order valence-electron chi connectivity index (χ0n) is 16.8. The molecule has 0 fully saturated rings. The quantitative estimate of drug-likeness (QED) is 0.506. The van der Waals surface area contributed by atoms with Crippen LogP contribution in [0.5, 0.6) is 0 Å². The zero-order chi connectivity index (χ0) is 23.9. The molecular weight excluding hydrogens is 441 g/mol. The van der Waals surface area contributed by atoms with Gasteiger partial charge in [-0.2, -0.15) is 23.5 Å². The predicted molar refractivity (Wildman–Crippen MR) is 108 cm³/mol. The van der Waals surface area contributed by atoms with Gasteiger partial charge in [0.15, 0.2) is 11.4 Å². The smallest absolute Gasteiger partial charge is 0.416 e. The van der Waals surface area contributed by atoms with Crippen LogP contribution in [-0.4, -0.2) is 35.2 Å². The maximum Gasteiger partial charge on any atom is 0.416 e. The number of aromatic carboxylic acids is 1. The summed E-state index contributed by atoms with van der Waals surface area (Å²) in [6.07, 6.45) is -3.51. The van der Waals surface area contributed by atoms with Crippen molar-refractivity contribution in [2.75, 3.05) is 0 Å². The molecule has 2 heterocycles. The first kappa shape index (κ1) is 21.6. The Labute approximate surface area is 183 Å². The normalized spacial score (nSPS) is 11.4. The van der Waals surface area contributed by atoms with Crippen LogP contribution in [0.1, 0.15) is 21.5 Å². The number of aromatic nitrogens is 5. The molecular formula is C21H13F3N6O3. The molecule has 0 saturated heterocycles. The van der Waals surface area contributed by atoms with E-state index >= 15 is 0 Å². The van der Waals surface area contributed by atoms with Crippen LogP contribution in [0.15, 0.2) is 59.7 Å². The third-order valence-corrected chi connectivity index (χ3v) is 4.90. The Morgan fingerprint density at radius 3 is 2.42 bits per heavy atom. The monoisotopic (exact) mass is 454 g/mol. The highest BCUT2D eigenvalue weighted by Gasteiger charge is 2.32. The fourth-order valence-corrected chi connectivity index (χ4v) is 3.43. The molecule has 1 N–H and O–H groups in total. The largest absolute Gasteiger partial charge is 0.477 e. The number of nitriles is 1. The van der Waals surface area contributed by atoms with Crippen LogP contribution in [0.25, 0.3) is 22.9 Å². The highest BCUT2D eigenvalue weighted by Crippen LogP contribution is 2.31. The summed E-state index contributed by atoms with van der Waals surface area (Å²) in [6.45, 7) is 0. The van der Waals surface area contributed by atoms with E-state index < -0.39 is 28.8 Å². The fourth-order valence-electron chi connectivity index (χ4n) is 3.43. The van der Waals surface area contributed by atoms with E-state index in [1.54, 1.807) is 12.1 Å². The average molecular weight is 454 g/mol. The van der Waals surface area contributed by atoms with Crippen LogP contribution < -0.4 is 5.56 Å². The fraction of sp³-hybridized carbons (Fsp3) is 0.0952. The number of carboxylic acids is 1. The van der Waals surface area contributed by atoms with Gasteiger partial charge in [0.2, 0.25) is 0 Å². The van der Waals surface area contributed by atoms with E-state index in [-0.39, 0.29) is 17.2 Å². The highest BCUT2D eigenvalue weighted by molar-refractivity contribution is 5.94. The van der Waals surface area contributed by atoms with Crippen molar-refractivity contribution in [3.8, 4) is 29.0 Å². The van der Waals surface area contributed by atoms with Crippen LogP contribution in [0, 0.1) is 11.3 Å². The topological polar surface area (TPSA) is 119 Å². The van der Waals surface area contributed by atoms with Crippen LogP contribution >= 0.6 is 0 Å². The molecule has 33 heavy (non-hydrogen) atoms. The summed E-state index contributed by atoms with van der Waals surface area (Å²) >= 11 is 0.